The number of pyridine rings is 1. The lowest BCUT2D eigenvalue weighted by atomic mass is 10.1. The van der Waals surface area contributed by atoms with Crippen LogP contribution in [-0.4, -0.2) is 17.6 Å². The van der Waals surface area contributed by atoms with E-state index in [4.69, 9.17) is 4.74 Å². The van der Waals surface area contributed by atoms with Crippen molar-refractivity contribution in [3.05, 3.63) is 52.3 Å². The molecule has 124 valence electrons. The molecule has 0 saturated heterocycles. The van der Waals surface area contributed by atoms with E-state index < -0.39 is 0 Å². The molecule has 0 unspecified atom stereocenters. The molecule has 2 heterocycles. The van der Waals surface area contributed by atoms with Gasteiger partial charge in [-0.15, -0.1) is 11.3 Å². The zero-order valence-corrected chi connectivity index (χ0v) is 14.5. The van der Waals surface area contributed by atoms with Gasteiger partial charge in [0.15, 0.2) is 0 Å². The van der Waals surface area contributed by atoms with E-state index in [0.717, 1.165) is 10.4 Å². The van der Waals surface area contributed by atoms with Gasteiger partial charge in [-0.2, -0.15) is 0 Å². The van der Waals surface area contributed by atoms with Crippen LogP contribution in [0.15, 0.2) is 30.5 Å². The number of halogens is 1. The maximum atomic E-state index is 13.9. The molecule has 1 N–H and O–H groups in total. The minimum atomic E-state index is -0.375. The van der Waals surface area contributed by atoms with Crippen molar-refractivity contribution in [2.75, 3.05) is 11.9 Å². The first-order chi connectivity index (χ1) is 11.5. The average molecular weight is 344 g/mol. The first-order valence-electron chi connectivity index (χ1n) is 7.60. The molecule has 0 bridgehead atoms. The topological polar surface area (TPSA) is 51.2 Å². The Morgan fingerprint density at radius 2 is 2.12 bits per heavy atom. The Morgan fingerprint density at radius 3 is 2.88 bits per heavy atom. The Hall–Kier alpha value is -2.47. The molecule has 3 rings (SSSR count). The third-order valence-electron chi connectivity index (χ3n) is 3.83. The number of carbonyl (C=O) groups is 1. The molecule has 0 atom stereocenters. The molecule has 0 amide bonds. The summed E-state index contributed by atoms with van der Waals surface area (Å²) in [5.74, 6) is -0.730. The number of anilines is 2. The van der Waals surface area contributed by atoms with E-state index in [-0.39, 0.29) is 11.8 Å². The number of nitrogens with one attached hydrogen (secondary N) is 1. The second-order valence-electron chi connectivity index (χ2n) is 5.33. The summed E-state index contributed by atoms with van der Waals surface area (Å²) in [6.45, 7) is 5.94. The summed E-state index contributed by atoms with van der Waals surface area (Å²) in [7, 11) is 0. The highest BCUT2D eigenvalue weighted by Gasteiger charge is 2.21. The van der Waals surface area contributed by atoms with Crippen molar-refractivity contribution < 1.29 is 13.9 Å². The Kier molecular flexibility index (Phi) is 4.49. The average Bonchev–Trinajstić information content (AvgIpc) is 2.83. The lowest BCUT2D eigenvalue weighted by Gasteiger charge is -2.10. The summed E-state index contributed by atoms with van der Waals surface area (Å²) in [5, 5.41) is 4.61. The molecule has 0 aliphatic rings. The van der Waals surface area contributed by atoms with Gasteiger partial charge in [-0.1, -0.05) is 12.1 Å². The molecule has 6 heteroatoms. The molecule has 1 aromatic carbocycles. The number of carbonyl (C=O) groups excluding carboxylic acids is 1. The molecule has 2 aromatic heterocycles. The smallest absolute Gasteiger partial charge is 0.341 e. The van der Waals surface area contributed by atoms with Crippen molar-refractivity contribution in [3.63, 3.8) is 0 Å². The minimum Gasteiger partial charge on any atom is -0.462 e. The quantitative estimate of drug-likeness (QED) is 0.679. The molecule has 0 saturated carbocycles. The number of ether oxygens (including phenoxy) is 1. The molecule has 24 heavy (non-hydrogen) atoms. The summed E-state index contributed by atoms with van der Waals surface area (Å²) in [6.07, 6.45) is 1.55. The van der Waals surface area contributed by atoms with Gasteiger partial charge in [-0.25, -0.2) is 9.18 Å². The third kappa shape index (κ3) is 2.85. The van der Waals surface area contributed by atoms with Gasteiger partial charge in [-0.3, -0.25) is 4.98 Å². The molecular weight excluding hydrogens is 327 g/mol. The molecule has 0 radical (unpaired) electrons. The monoisotopic (exact) mass is 344 g/mol. The summed E-state index contributed by atoms with van der Waals surface area (Å²) in [6, 6.07) is 6.58. The fraction of sp³-hybridized carbons (Fsp3) is 0.222. The number of hydrogen-bond acceptors (Lipinski definition) is 5. The molecule has 0 aliphatic heterocycles. The van der Waals surface area contributed by atoms with Gasteiger partial charge in [-0.05, 0) is 38.5 Å². The van der Waals surface area contributed by atoms with Gasteiger partial charge in [0, 0.05) is 16.5 Å². The number of rotatable bonds is 4. The van der Waals surface area contributed by atoms with E-state index >= 15 is 0 Å². The maximum Gasteiger partial charge on any atom is 0.341 e. The fourth-order valence-corrected chi connectivity index (χ4v) is 3.60. The Balaban J connectivity index is 2.08. The van der Waals surface area contributed by atoms with Crippen molar-refractivity contribution >= 4 is 38.9 Å². The first-order valence-corrected chi connectivity index (χ1v) is 8.42. The number of benzene rings is 1. The van der Waals surface area contributed by atoms with E-state index in [1.807, 2.05) is 13.8 Å². The summed E-state index contributed by atoms with van der Waals surface area (Å²) in [4.78, 5) is 17.4. The van der Waals surface area contributed by atoms with Crippen molar-refractivity contribution in [1.29, 1.82) is 0 Å². The minimum absolute atomic E-state index is 0.296. The molecular formula is C18H17FN2O2S. The Labute approximate surface area is 143 Å². The van der Waals surface area contributed by atoms with Crippen LogP contribution in [0.1, 0.15) is 27.7 Å². The molecule has 4 nitrogen and oxygen atoms in total. The van der Waals surface area contributed by atoms with Crippen LogP contribution in [0.5, 0.6) is 0 Å². The van der Waals surface area contributed by atoms with Crippen molar-refractivity contribution in [2.45, 2.75) is 20.8 Å². The second kappa shape index (κ2) is 6.57. The van der Waals surface area contributed by atoms with E-state index in [1.165, 1.54) is 17.4 Å². The molecule has 0 fully saturated rings. The summed E-state index contributed by atoms with van der Waals surface area (Å²) < 4.78 is 19.1. The number of hydrogen-bond donors (Lipinski definition) is 1. The zero-order valence-electron chi connectivity index (χ0n) is 13.6. The van der Waals surface area contributed by atoms with Crippen LogP contribution in [0, 0.1) is 19.7 Å². The molecule has 0 aliphatic carbocycles. The number of thiophene rings is 1. The van der Waals surface area contributed by atoms with Crippen molar-refractivity contribution in [1.82, 2.24) is 4.98 Å². The number of fused-ring (bicyclic) bond motifs is 1. The second-order valence-corrected chi connectivity index (χ2v) is 6.55. The van der Waals surface area contributed by atoms with Gasteiger partial charge in [0.05, 0.1) is 17.9 Å². The highest BCUT2D eigenvalue weighted by Crippen LogP contribution is 2.36. The summed E-state index contributed by atoms with van der Waals surface area (Å²) in [5.41, 5.74) is 2.42. The van der Waals surface area contributed by atoms with E-state index in [9.17, 15) is 9.18 Å². The predicted octanol–water partition coefficient (Wildman–Crippen LogP) is 4.97. The van der Waals surface area contributed by atoms with Crippen molar-refractivity contribution in [2.24, 2.45) is 0 Å². The van der Waals surface area contributed by atoms with Gasteiger partial charge in [0.25, 0.3) is 0 Å². The zero-order chi connectivity index (χ0) is 17.3. The predicted molar refractivity (Wildman–Crippen MR) is 94.7 cm³/mol. The van der Waals surface area contributed by atoms with Crippen LogP contribution < -0.4 is 5.32 Å². The summed E-state index contributed by atoms with van der Waals surface area (Å²) >= 11 is 1.48. The van der Waals surface area contributed by atoms with Crippen LogP contribution in [0.4, 0.5) is 15.1 Å². The highest BCUT2D eigenvalue weighted by atomic mass is 32.1. The number of nitrogens with zero attached hydrogens (tertiary/aromatic N) is 1. The fourth-order valence-electron chi connectivity index (χ4n) is 2.54. The van der Waals surface area contributed by atoms with E-state index in [2.05, 4.69) is 10.3 Å². The standard InChI is InChI=1S/C18H17FN2O2S/c1-4-23-18(22)15-10(2)11(3)24-17(15)21-14-8-9-20-16-12(14)6-5-7-13(16)19/h5-9H,4H2,1-3H3,(H,20,21). The lowest BCUT2D eigenvalue weighted by Crippen LogP contribution is -2.07. The number of aromatic nitrogens is 1. The van der Waals surface area contributed by atoms with E-state index in [0.29, 0.717) is 33.8 Å². The van der Waals surface area contributed by atoms with E-state index in [1.54, 1.807) is 31.3 Å². The van der Waals surface area contributed by atoms with Crippen LogP contribution in [0.3, 0.4) is 0 Å². The SMILES string of the molecule is CCOC(=O)c1c(Nc2ccnc3c(F)cccc23)sc(C)c1C. The maximum absolute atomic E-state index is 13.9. The van der Waals surface area contributed by atoms with Crippen LogP contribution >= 0.6 is 11.3 Å². The third-order valence-corrected chi connectivity index (χ3v) is 4.96. The normalized spacial score (nSPS) is 10.8. The Bertz CT molecular complexity index is 921. The van der Waals surface area contributed by atoms with Crippen molar-refractivity contribution in [3.8, 4) is 0 Å². The van der Waals surface area contributed by atoms with Crippen LogP contribution in [0.25, 0.3) is 10.9 Å². The number of aryl methyl sites for hydroxylation is 1. The first kappa shape index (κ1) is 16.4. The lowest BCUT2D eigenvalue weighted by molar-refractivity contribution is 0.0527. The largest absolute Gasteiger partial charge is 0.462 e. The van der Waals surface area contributed by atoms with Gasteiger partial charge >= 0.3 is 5.97 Å². The van der Waals surface area contributed by atoms with Crippen LogP contribution in [0.2, 0.25) is 0 Å². The number of esters is 1. The van der Waals surface area contributed by atoms with Gasteiger partial charge < -0.3 is 10.1 Å². The Morgan fingerprint density at radius 1 is 1.33 bits per heavy atom. The molecule has 0 spiro atoms. The molecule has 3 aromatic rings. The number of para-hydroxylation sites is 1. The highest BCUT2D eigenvalue weighted by molar-refractivity contribution is 7.16. The van der Waals surface area contributed by atoms with Gasteiger partial charge in [0.1, 0.15) is 16.3 Å². The van der Waals surface area contributed by atoms with Crippen LogP contribution in [-0.2, 0) is 4.74 Å². The van der Waals surface area contributed by atoms with Gasteiger partial charge in [0.2, 0.25) is 0 Å².